The van der Waals surface area contributed by atoms with Gasteiger partial charge >= 0.3 is 11.9 Å². The van der Waals surface area contributed by atoms with Crippen molar-refractivity contribution in [2.24, 2.45) is 0 Å². The van der Waals surface area contributed by atoms with E-state index in [4.69, 9.17) is 9.47 Å². The normalized spacial score (nSPS) is 16.0. The number of esters is 2. The third-order valence-electron chi connectivity index (χ3n) is 3.44. The maximum Gasteiger partial charge on any atom is 0.350 e. The van der Waals surface area contributed by atoms with Gasteiger partial charge in [0, 0.05) is 37.5 Å². The van der Waals surface area contributed by atoms with E-state index in [1.807, 2.05) is 0 Å². The van der Waals surface area contributed by atoms with Crippen molar-refractivity contribution in [2.45, 2.75) is 19.6 Å². The number of carbonyl (C=O) groups is 2. The van der Waals surface area contributed by atoms with Gasteiger partial charge in [0.25, 0.3) is 5.79 Å². The molecule has 1 aliphatic rings. The summed E-state index contributed by atoms with van der Waals surface area (Å²) < 4.78 is 10.0. The van der Waals surface area contributed by atoms with Crippen molar-refractivity contribution in [3.63, 3.8) is 0 Å². The van der Waals surface area contributed by atoms with Crippen LogP contribution in [0.4, 0.5) is 5.69 Å². The maximum atomic E-state index is 11.9. The third kappa shape index (κ3) is 3.60. The highest BCUT2D eigenvalue weighted by atomic mass is 16.7. The van der Waals surface area contributed by atoms with Gasteiger partial charge in [-0.3, -0.25) is 4.98 Å². The third-order valence-corrected chi connectivity index (χ3v) is 3.44. The van der Waals surface area contributed by atoms with E-state index in [-0.39, 0.29) is 11.3 Å². The van der Waals surface area contributed by atoms with Crippen LogP contribution in [0.5, 0.6) is 5.75 Å². The number of cyclic esters (lactones) is 2. The molecule has 1 fully saturated rings. The number of ether oxygens (including phenoxy) is 2. The maximum absolute atomic E-state index is 11.9. The number of anilines is 1. The van der Waals surface area contributed by atoms with E-state index in [9.17, 15) is 14.7 Å². The molecule has 0 saturated carbocycles. The van der Waals surface area contributed by atoms with Gasteiger partial charge in [-0.1, -0.05) is 12.1 Å². The van der Waals surface area contributed by atoms with E-state index in [2.05, 4.69) is 10.3 Å². The summed E-state index contributed by atoms with van der Waals surface area (Å²) in [7, 11) is 0. The average Bonchev–Trinajstić information content (AvgIpc) is 2.54. The molecule has 3 rings (SSSR count). The summed E-state index contributed by atoms with van der Waals surface area (Å²) >= 11 is 0. The van der Waals surface area contributed by atoms with Crippen LogP contribution in [0.1, 0.15) is 13.8 Å². The Labute approximate surface area is 143 Å². The predicted octanol–water partition coefficient (Wildman–Crippen LogP) is 2.59. The number of hydrogen-bond acceptors (Lipinski definition) is 7. The molecule has 0 unspecified atom stereocenters. The monoisotopic (exact) mass is 340 g/mol. The zero-order valence-corrected chi connectivity index (χ0v) is 13.6. The van der Waals surface area contributed by atoms with Crippen LogP contribution in [0.15, 0.2) is 54.4 Å². The first-order chi connectivity index (χ1) is 11.9. The lowest BCUT2D eigenvalue weighted by Crippen LogP contribution is -2.42. The molecule has 7 heteroatoms. The summed E-state index contributed by atoms with van der Waals surface area (Å²) in [5.74, 6) is -2.68. The Kier molecular flexibility index (Phi) is 4.14. The molecule has 0 amide bonds. The van der Waals surface area contributed by atoms with Gasteiger partial charge < -0.3 is 19.9 Å². The fraction of sp³-hybridized carbons (Fsp3) is 0.167. The minimum Gasteiger partial charge on any atom is -0.506 e. The molecule has 1 saturated heterocycles. The van der Waals surface area contributed by atoms with Crippen LogP contribution in [-0.4, -0.2) is 27.8 Å². The summed E-state index contributed by atoms with van der Waals surface area (Å²) in [4.78, 5) is 27.8. The molecule has 2 aromatic rings. The van der Waals surface area contributed by atoms with Crippen LogP contribution < -0.4 is 5.32 Å². The predicted molar refractivity (Wildman–Crippen MR) is 89.3 cm³/mol. The molecule has 1 aromatic heterocycles. The summed E-state index contributed by atoms with van der Waals surface area (Å²) in [6.07, 6.45) is 2.83. The highest BCUT2D eigenvalue weighted by molar-refractivity contribution is 6.15. The molecule has 1 aromatic carbocycles. The van der Waals surface area contributed by atoms with Crippen LogP contribution in [0.25, 0.3) is 11.3 Å². The molecule has 1 aliphatic heterocycles. The second kappa shape index (κ2) is 6.27. The zero-order chi connectivity index (χ0) is 18.0. The van der Waals surface area contributed by atoms with Crippen molar-refractivity contribution >= 4 is 17.6 Å². The molecular formula is C18H16N2O5. The standard InChI is InChI=1S/C18H16N2O5/c1-18(2)24-16(22)13(17(23)25-18)10-20-12-7-5-11(6-8-12)15-14(21)4-3-9-19-15/h3-10,20-21H,1-2H3. The molecule has 0 bridgehead atoms. The molecule has 0 atom stereocenters. The Hall–Kier alpha value is -3.35. The van der Waals surface area contributed by atoms with E-state index in [1.165, 1.54) is 20.0 Å². The molecule has 2 N–H and O–H groups in total. The number of rotatable bonds is 3. The van der Waals surface area contributed by atoms with Gasteiger partial charge in [0.1, 0.15) is 11.4 Å². The van der Waals surface area contributed by atoms with E-state index < -0.39 is 17.7 Å². The van der Waals surface area contributed by atoms with Crippen molar-refractivity contribution in [3.05, 3.63) is 54.4 Å². The molecule has 0 radical (unpaired) electrons. The second-order valence-corrected chi connectivity index (χ2v) is 5.83. The number of carbonyl (C=O) groups excluding carboxylic acids is 2. The van der Waals surface area contributed by atoms with Crippen molar-refractivity contribution < 1.29 is 24.2 Å². The number of aromatic nitrogens is 1. The van der Waals surface area contributed by atoms with Crippen LogP contribution >= 0.6 is 0 Å². The minimum atomic E-state index is -1.27. The first kappa shape index (κ1) is 16.5. The van der Waals surface area contributed by atoms with Gasteiger partial charge in [-0.2, -0.15) is 0 Å². The number of aromatic hydroxyl groups is 1. The second-order valence-electron chi connectivity index (χ2n) is 5.83. The summed E-state index contributed by atoms with van der Waals surface area (Å²) in [6, 6.07) is 10.2. The van der Waals surface area contributed by atoms with Crippen LogP contribution in [0.2, 0.25) is 0 Å². The molecule has 0 aliphatic carbocycles. The fourth-order valence-corrected chi connectivity index (χ4v) is 2.28. The highest BCUT2D eigenvalue weighted by Crippen LogP contribution is 2.27. The lowest BCUT2D eigenvalue weighted by Gasteiger charge is -2.29. The van der Waals surface area contributed by atoms with Crippen molar-refractivity contribution in [2.75, 3.05) is 5.32 Å². The van der Waals surface area contributed by atoms with Gasteiger partial charge in [-0.05, 0) is 24.3 Å². The lowest BCUT2D eigenvalue weighted by atomic mass is 10.1. The number of benzene rings is 1. The van der Waals surface area contributed by atoms with Gasteiger partial charge in [0.15, 0.2) is 5.57 Å². The highest BCUT2D eigenvalue weighted by Gasteiger charge is 2.38. The number of nitrogens with one attached hydrogen (secondary N) is 1. The number of pyridine rings is 1. The Morgan fingerprint density at radius 2 is 1.72 bits per heavy atom. The van der Waals surface area contributed by atoms with Gasteiger partial charge in [-0.25, -0.2) is 9.59 Å². The molecule has 25 heavy (non-hydrogen) atoms. The van der Waals surface area contributed by atoms with E-state index >= 15 is 0 Å². The summed E-state index contributed by atoms with van der Waals surface area (Å²) in [6.45, 7) is 2.97. The molecular weight excluding hydrogens is 324 g/mol. The van der Waals surface area contributed by atoms with E-state index in [1.54, 1.807) is 42.6 Å². The summed E-state index contributed by atoms with van der Waals surface area (Å²) in [5.41, 5.74) is 1.62. The Bertz CT molecular complexity index is 834. The van der Waals surface area contributed by atoms with Crippen LogP contribution in [-0.2, 0) is 19.1 Å². The molecule has 128 valence electrons. The van der Waals surface area contributed by atoms with Crippen molar-refractivity contribution in [3.8, 4) is 17.0 Å². The topological polar surface area (TPSA) is 97.8 Å². The first-order valence-corrected chi connectivity index (χ1v) is 7.53. The van der Waals surface area contributed by atoms with E-state index in [0.29, 0.717) is 11.4 Å². The SMILES string of the molecule is CC1(C)OC(=O)C(=CNc2ccc(-c3ncccc3O)cc2)C(=O)O1. The zero-order valence-electron chi connectivity index (χ0n) is 13.6. The average molecular weight is 340 g/mol. The molecule has 2 heterocycles. The Morgan fingerprint density at radius 3 is 2.32 bits per heavy atom. The lowest BCUT2D eigenvalue weighted by molar-refractivity contribution is -0.222. The van der Waals surface area contributed by atoms with E-state index in [0.717, 1.165) is 5.56 Å². The largest absolute Gasteiger partial charge is 0.506 e. The first-order valence-electron chi connectivity index (χ1n) is 7.53. The smallest absolute Gasteiger partial charge is 0.350 e. The van der Waals surface area contributed by atoms with Gasteiger partial charge in [-0.15, -0.1) is 0 Å². The fourth-order valence-electron chi connectivity index (χ4n) is 2.28. The van der Waals surface area contributed by atoms with Gasteiger partial charge in [0.2, 0.25) is 0 Å². The summed E-state index contributed by atoms with van der Waals surface area (Å²) in [5, 5.41) is 12.7. The number of nitrogens with zero attached hydrogens (tertiary/aromatic N) is 1. The van der Waals surface area contributed by atoms with Crippen LogP contribution in [0.3, 0.4) is 0 Å². The molecule has 0 spiro atoms. The Balaban J connectivity index is 1.75. The Morgan fingerprint density at radius 1 is 1.08 bits per heavy atom. The minimum absolute atomic E-state index is 0.0839. The van der Waals surface area contributed by atoms with Crippen molar-refractivity contribution in [1.82, 2.24) is 4.98 Å². The van der Waals surface area contributed by atoms with Crippen LogP contribution in [0, 0.1) is 0 Å². The molecule has 7 nitrogen and oxygen atoms in total. The van der Waals surface area contributed by atoms with Crippen molar-refractivity contribution in [1.29, 1.82) is 0 Å². The number of hydrogen-bond donors (Lipinski definition) is 2. The quantitative estimate of drug-likeness (QED) is 0.503. The van der Waals surface area contributed by atoms with Gasteiger partial charge in [0.05, 0.1) is 0 Å².